The summed E-state index contributed by atoms with van der Waals surface area (Å²) in [5.74, 6) is -0.0992. The smallest absolute Gasteiger partial charge is 0.309 e. The highest BCUT2D eigenvalue weighted by Crippen LogP contribution is 2.39. The summed E-state index contributed by atoms with van der Waals surface area (Å²) >= 11 is 0. The zero-order chi connectivity index (χ0) is 18.5. The number of hydrogen-bond donors (Lipinski definition) is 1. The average Bonchev–Trinajstić information content (AvgIpc) is 2.62. The van der Waals surface area contributed by atoms with Crippen molar-refractivity contribution in [2.24, 2.45) is 11.3 Å². The summed E-state index contributed by atoms with van der Waals surface area (Å²) in [4.78, 5) is 12.3. The van der Waals surface area contributed by atoms with Crippen LogP contribution in [0.5, 0.6) is 0 Å². The van der Waals surface area contributed by atoms with E-state index in [1.165, 1.54) is 31.2 Å². The lowest BCUT2D eigenvalue weighted by molar-refractivity contribution is -0.151. The number of carbonyl (C=O) groups is 1. The number of carboxylic acids is 1. The fraction of sp³-hybridized carbons (Fsp3) is 0.696. The van der Waals surface area contributed by atoms with Gasteiger partial charge in [0.1, 0.15) is 0 Å². The lowest BCUT2D eigenvalue weighted by Crippen LogP contribution is -2.34. The number of rotatable bonds is 14. The standard InChI is InChI=1S/C23H38O2/c1-4-6-8-10-13-20(3)19-23(22(24)25,17-7-5-2)18-16-21-14-11-9-12-15-21/h9,11-12,14-15,20H,4-8,10,13,16-19H2,1-3H3,(H,24,25). The summed E-state index contributed by atoms with van der Waals surface area (Å²) in [6.45, 7) is 6.63. The molecule has 0 spiro atoms. The van der Waals surface area contributed by atoms with Gasteiger partial charge in [-0.1, -0.05) is 96.0 Å². The molecule has 0 aliphatic rings. The molecule has 1 aromatic carbocycles. The maximum Gasteiger partial charge on any atom is 0.309 e. The van der Waals surface area contributed by atoms with Gasteiger partial charge in [-0.15, -0.1) is 0 Å². The summed E-state index contributed by atoms with van der Waals surface area (Å²) < 4.78 is 0. The predicted octanol–water partition coefficient (Wildman–Crippen LogP) is 6.88. The molecule has 1 rings (SSSR count). The topological polar surface area (TPSA) is 37.3 Å². The predicted molar refractivity (Wildman–Crippen MR) is 107 cm³/mol. The largest absolute Gasteiger partial charge is 0.481 e. The van der Waals surface area contributed by atoms with Crippen LogP contribution in [0.3, 0.4) is 0 Å². The van der Waals surface area contributed by atoms with Gasteiger partial charge in [0.05, 0.1) is 5.41 Å². The van der Waals surface area contributed by atoms with Crippen molar-refractivity contribution in [3.8, 4) is 0 Å². The van der Waals surface area contributed by atoms with Crippen LogP contribution in [0.25, 0.3) is 0 Å². The second-order valence-corrected chi connectivity index (χ2v) is 7.83. The van der Waals surface area contributed by atoms with Crippen LogP contribution in [-0.2, 0) is 11.2 Å². The summed E-state index contributed by atoms with van der Waals surface area (Å²) in [5.41, 5.74) is 0.691. The highest BCUT2D eigenvalue weighted by atomic mass is 16.4. The third-order valence-corrected chi connectivity index (χ3v) is 5.49. The number of aliphatic carboxylic acids is 1. The average molecular weight is 347 g/mol. The Labute approximate surface area is 155 Å². The molecule has 1 N–H and O–H groups in total. The number of aryl methyl sites for hydroxylation is 1. The van der Waals surface area contributed by atoms with Crippen LogP contribution in [0, 0.1) is 11.3 Å². The molecule has 142 valence electrons. The molecular formula is C23H38O2. The summed E-state index contributed by atoms with van der Waals surface area (Å²) in [5, 5.41) is 10.1. The number of carboxylic acid groups (broad SMARTS) is 1. The van der Waals surface area contributed by atoms with E-state index < -0.39 is 11.4 Å². The van der Waals surface area contributed by atoms with Gasteiger partial charge in [0.25, 0.3) is 0 Å². The second kappa shape index (κ2) is 12.1. The van der Waals surface area contributed by atoms with Gasteiger partial charge in [0, 0.05) is 0 Å². The van der Waals surface area contributed by atoms with Crippen molar-refractivity contribution in [2.75, 3.05) is 0 Å². The van der Waals surface area contributed by atoms with Gasteiger partial charge in [0.15, 0.2) is 0 Å². The SMILES string of the molecule is CCCCCCC(C)CC(CCCC)(CCc1ccccc1)C(=O)O. The minimum atomic E-state index is -0.586. The summed E-state index contributed by atoms with van der Waals surface area (Å²) in [7, 11) is 0. The van der Waals surface area contributed by atoms with Crippen LogP contribution in [0.2, 0.25) is 0 Å². The Morgan fingerprint density at radius 2 is 1.68 bits per heavy atom. The molecule has 2 atom stereocenters. The van der Waals surface area contributed by atoms with E-state index in [1.54, 1.807) is 0 Å². The molecule has 0 saturated heterocycles. The first-order valence-electron chi connectivity index (χ1n) is 10.3. The fourth-order valence-corrected chi connectivity index (χ4v) is 3.86. The summed E-state index contributed by atoms with van der Waals surface area (Å²) in [6, 6.07) is 10.3. The van der Waals surface area contributed by atoms with E-state index in [0.29, 0.717) is 5.92 Å². The molecule has 0 heterocycles. The lowest BCUT2D eigenvalue weighted by Gasteiger charge is -2.32. The van der Waals surface area contributed by atoms with Gasteiger partial charge in [0.2, 0.25) is 0 Å². The number of unbranched alkanes of at least 4 members (excludes halogenated alkanes) is 4. The van der Waals surface area contributed by atoms with Gasteiger partial charge >= 0.3 is 5.97 Å². The molecule has 0 radical (unpaired) electrons. The fourth-order valence-electron chi connectivity index (χ4n) is 3.86. The van der Waals surface area contributed by atoms with Crippen LogP contribution in [-0.4, -0.2) is 11.1 Å². The van der Waals surface area contributed by atoms with Gasteiger partial charge < -0.3 is 5.11 Å². The molecule has 2 heteroatoms. The highest BCUT2D eigenvalue weighted by Gasteiger charge is 2.38. The van der Waals surface area contributed by atoms with Gasteiger partial charge in [-0.05, 0) is 37.2 Å². The van der Waals surface area contributed by atoms with Gasteiger partial charge in [-0.2, -0.15) is 0 Å². The van der Waals surface area contributed by atoms with E-state index in [2.05, 4.69) is 32.9 Å². The molecule has 0 aliphatic carbocycles. The van der Waals surface area contributed by atoms with E-state index in [0.717, 1.165) is 44.9 Å². The minimum absolute atomic E-state index is 0.487. The number of benzene rings is 1. The normalized spacial score (nSPS) is 14.8. The Kier molecular flexibility index (Phi) is 10.5. The minimum Gasteiger partial charge on any atom is -0.481 e. The zero-order valence-electron chi connectivity index (χ0n) is 16.6. The first kappa shape index (κ1) is 21.7. The van der Waals surface area contributed by atoms with Crippen molar-refractivity contribution < 1.29 is 9.90 Å². The molecule has 25 heavy (non-hydrogen) atoms. The maximum atomic E-state index is 12.3. The van der Waals surface area contributed by atoms with Crippen LogP contribution in [0.15, 0.2) is 30.3 Å². The maximum absolute atomic E-state index is 12.3. The van der Waals surface area contributed by atoms with E-state index in [1.807, 2.05) is 18.2 Å². The van der Waals surface area contributed by atoms with E-state index >= 15 is 0 Å². The molecule has 0 saturated carbocycles. The van der Waals surface area contributed by atoms with Gasteiger partial charge in [-0.3, -0.25) is 4.79 Å². The van der Waals surface area contributed by atoms with E-state index in [9.17, 15) is 9.90 Å². The molecule has 2 nitrogen and oxygen atoms in total. The van der Waals surface area contributed by atoms with Crippen LogP contribution < -0.4 is 0 Å². The van der Waals surface area contributed by atoms with Crippen molar-refractivity contribution in [3.63, 3.8) is 0 Å². The quantitative estimate of drug-likeness (QED) is 0.373. The summed E-state index contributed by atoms with van der Waals surface area (Å²) in [6.07, 6.45) is 11.5. The third kappa shape index (κ3) is 8.07. The van der Waals surface area contributed by atoms with Crippen molar-refractivity contribution in [2.45, 2.75) is 91.4 Å². The molecule has 1 aromatic rings. The monoisotopic (exact) mass is 346 g/mol. The highest BCUT2D eigenvalue weighted by molar-refractivity contribution is 5.74. The molecular weight excluding hydrogens is 308 g/mol. The molecule has 2 unspecified atom stereocenters. The first-order chi connectivity index (χ1) is 12.0. The number of hydrogen-bond acceptors (Lipinski definition) is 1. The Hall–Kier alpha value is -1.31. The van der Waals surface area contributed by atoms with E-state index in [4.69, 9.17) is 0 Å². The van der Waals surface area contributed by atoms with Crippen molar-refractivity contribution in [3.05, 3.63) is 35.9 Å². The molecule has 0 bridgehead atoms. The lowest BCUT2D eigenvalue weighted by atomic mass is 9.71. The second-order valence-electron chi connectivity index (χ2n) is 7.83. The van der Waals surface area contributed by atoms with Crippen molar-refractivity contribution in [1.29, 1.82) is 0 Å². The van der Waals surface area contributed by atoms with Crippen molar-refractivity contribution in [1.82, 2.24) is 0 Å². The van der Waals surface area contributed by atoms with Crippen molar-refractivity contribution >= 4 is 5.97 Å². The Bertz CT molecular complexity index is 468. The Balaban J connectivity index is 2.72. The zero-order valence-corrected chi connectivity index (χ0v) is 16.6. The molecule has 0 aliphatic heterocycles. The van der Waals surface area contributed by atoms with Crippen LogP contribution >= 0.6 is 0 Å². The van der Waals surface area contributed by atoms with Gasteiger partial charge in [-0.25, -0.2) is 0 Å². The molecule has 0 fully saturated rings. The van der Waals surface area contributed by atoms with Crippen LogP contribution in [0.1, 0.15) is 90.5 Å². The Morgan fingerprint density at radius 1 is 1.00 bits per heavy atom. The molecule has 0 amide bonds. The third-order valence-electron chi connectivity index (χ3n) is 5.49. The Morgan fingerprint density at radius 3 is 2.28 bits per heavy atom. The van der Waals surface area contributed by atoms with Crippen LogP contribution in [0.4, 0.5) is 0 Å². The van der Waals surface area contributed by atoms with E-state index in [-0.39, 0.29) is 0 Å². The first-order valence-corrected chi connectivity index (χ1v) is 10.3. The molecule has 0 aromatic heterocycles.